The molecule has 128 valence electrons. The molecule has 0 aliphatic carbocycles. The zero-order valence-electron chi connectivity index (χ0n) is 15.6. The third kappa shape index (κ3) is 2.77. The van der Waals surface area contributed by atoms with Gasteiger partial charge >= 0.3 is 0 Å². The lowest BCUT2D eigenvalue weighted by atomic mass is 10.2. The molecule has 2 aromatic rings. The van der Waals surface area contributed by atoms with Crippen molar-refractivity contribution in [2.24, 2.45) is 0 Å². The normalized spacial score (nSPS) is 13.5. The van der Waals surface area contributed by atoms with E-state index >= 15 is 0 Å². The summed E-state index contributed by atoms with van der Waals surface area (Å²) in [5.41, 5.74) is 6.30. The maximum absolute atomic E-state index is 2.45. The van der Waals surface area contributed by atoms with E-state index in [-0.39, 0.29) is 0 Å². The highest BCUT2D eigenvalue weighted by molar-refractivity contribution is 5.88. The lowest BCUT2D eigenvalue weighted by Crippen LogP contribution is -2.34. The molecule has 0 N–H and O–H groups in total. The van der Waals surface area contributed by atoms with Crippen molar-refractivity contribution < 1.29 is 0 Å². The van der Waals surface area contributed by atoms with Crippen LogP contribution in [0.15, 0.2) is 42.5 Å². The van der Waals surface area contributed by atoms with Crippen LogP contribution in [0.1, 0.15) is 13.8 Å². The van der Waals surface area contributed by atoms with Gasteiger partial charge in [0.05, 0.1) is 29.4 Å². The average molecular weight is 324 g/mol. The van der Waals surface area contributed by atoms with Gasteiger partial charge in [-0.15, -0.1) is 0 Å². The van der Waals surface area contributed by atoms with E-state index in [2.05, 4.69) is 104 Å². The Morgan fingerprint density at radius 1 is 0.833 bits per heavy atom. The van der Waals surface area contributed by atoms with Crippen LogP contribution in [-0.2, 0) is 0 Å². The van der Waals surface area contributed by atoms with Gasteiger partial charge in [0.1, 0.15) is 0 Å². The number of hydrogen-bond donors (Lipinski definition) is 0. The van der Waals surface area contributed by atoms with E-state index < -0.39 is 0 Å². The molecule has 0 spiro atoms. The van der Waals surface area contributed by atoms with Crippen LogP contribution in [0.25, 0.3) is 0 Å². The Hall–Kier alpha value is -2.36. The van der Waals surface area contributed by atoms with Crippen molar-refractivity contribution in [2.75, 3.05) is 54.5 Å². The molecule has 1 heterocycles. The van der Waals surface area contributed by atoms with Gasteiger partial charge in [-0.3, -0.25) is 0 Å². The molecule has 0 saturated carbocycles. The van der Waals surface area contributed by atoms with Crippen LogP contribution in [0.4, 0.5) is 28.4 Å². The van der Waals surface area contributed by atoms with Gasteiger partial charge in [-0.1, -0.05) is 12.1 Å². The van der Waals surface area contributed by atoms with Crippen LogP contribution in [0.2, 0.25) is 0 Å². The monoisotopic (exact) mass is 324 g/mol. The first kappa shape index (κ1) is 16.5. The summed E-state index contributed by atoms with van der Waals surface area (Å²) >= 11 is 0. The van der Waals surface area contributed by atoms with Crippen LogP contribution in [0.5, 0.6) is 0 Å². The molecular weight excluding hydrogens is 296 g/mol. The van der Waals surface area contributed by atoms with Gasteiger partial charge in [0, 0.05) is 39.9 Å². The summed E-state index contributed by atoms with van der Waals surface area (Å²) in [6.45, 7) is 5.39. The summed E-state index contributed by atoms with van der Waals surface area (Å²) in [4.78, 5) is 9.22. The molecule has 0 aromatic heterocycles. The van der Waals surface area contributed by atoms with E-state index in [0.29, 0.717) is 6.04 Å². The largest absolute Gasteiger partial charge is 0.378 e. The standard InChI is InChI=1S/C20H28N4/c1-15(2)23-14-24(18-10-8-7-9-17(18)23)19-12-11-16(21(3)4)13-20(19)22(5)6/h7-13,15H,14H2,1-6H3. The van der Waals surface area contributed by atoms with Gasteiger partial charge in [0.25, 0.3) is 0 Å². The van der Waals surface area contributed by atoms with E-state index in [9.17, 15) is 0 Å². The molecule has 0 unspecified atom stereocenters. The lowest BCUT2D eigenvalue weighted by molar-refractivity contribution is 0.709. The third-order valence-corrected chi connectivity index (χ3v) is 4.65. The second-order valence-electron chi connectivity index (χ2n) is 7.08. The molecule has 24 heavy (non-hydrogen) atoms. The third-order valence-electron chi connectivity index (χ3n) is 4.65. The summed E-state index contributed by atoms with van der Waals surface area (Å²) in [7, 11) is 8.39. The Labute approximate surface area is 145 Å². The van der Waals surface area contributed by atoms with Crippen molar-refractivity contribution >= 4 is 28.4 Å². The quantitative estimate of drug-likeness (QED) is 0.838. The van der Waals surface area contributed by atoms with E-state index in [0.717, 1.165) is 6.67 Å². The maximum atomic E-state index is 2.45. The average Bonchev–Trinajstić information content (AvgIpc) is 2.94. The molecule has 1 aliphatic heterocycles. The summed E-state index contributed by atoms with van der Waals surface area (Å²) < 4.78 is 0. The number of nitrogens with zero attached hydrogens (tertiary/aromatic N) is 4. The zero-order chi connectivity index (χ0) is 17.4. The molecule has 0 saturated heterocycles. The van der Waals surface area contributed by atoms with Crippen LogP contribution < -0.4 is 19.6 Å². The van der Waals surface area contributed by atoms with Gasteiger partial charge in [-0.25, -0.2) is 0 Å². The highest BCUT2D eigenvalue weighted by Gasteiger charge is 2.29. The van der Waals surface area contributed by atoms with Gasteiger partial charge in [-0.2, -0.15) is 0 Å². The molecule has 4 heteroatoms. The highest BCUT2D eigenvalue weighted by atomic mass is 15.4. The Balaban J connectivity index is 2.10. The second-order valence-corrected chi connectivity index (χ2v) is 7.08. The summed E-state index contributed by atoms with van der Waals surface area (Å²) in [5, 5.41) is 0. The summed E-state index contributed by atoms with van der Waals surface area (Å²) in [6.07, 6.45) is 0. The molecule has 3 rings (SSSR count). The van der Waals surface area contributed by atoms with Crippen molar-refractivity contribution in [3.05, 3.63) is 42.5 Å². The fourth-order valence-corrected chi connectivity index (χ4v) is 3.26. The van der Waals surface area contributed by atoms with Crippen LogP contribution in [0.3, 0.4) is 0 Å². The summed E-state index contributed by atoms with van der Waals surface area (Å²) in [5.74, 6) is 0. The van der Waals surface area contributed by atoms with Gasteiger partial charge in [-0.05, 0) is 44.2 Å². The molecule has 0 amide bonds. The van der Waals surface area contributed by atoms with Crippen molar-refractivity contribution in [1.29, 1.82) is 0 Å². The van der Waals surface area contributed by atoms with E-state index in [1.165, 1.54) is 28.4 Å². The highest BCUT2D eigenvalue weighted by Crippen LogP contribution is 2.44. The minimum absolute atomic E-state index is 0.472. The Morgan fingerprint density at radius 3 is 2.08 bits per heavy atom. The van der Waals surface area contributed by atoms with Gasteiger partial charge in [0.15, 0.2) is 0 Å². The molecule has 0 atom stereocenters. The van der Waals surface area contributed by atoms with Crippen LogP contribution in [0, 0.1) is 0 Å². The van der Waals surface area contributed by atoms with E-state index in [1.54, 1.807) is 0 Å². The smallest absolute Gasteiger partial charge is 0.0956 e. The minimum Gasteiger partial charge on any atom is -0.378 e. The molecular formula is C20H28N4. The van der Waals surface area contributed by atoms with Crippen molar-refractivity contribution in [3.63, 3.8) is 0 Å². The first-order chi connectivity index (χ1) is 11.4. The molecule has 0 radical (unpaired) electrons. The minimum atomic E-state index is 0.472. The molecule has 0 fully saturated rings. The van der Waals surface area contributed by atoms with Crippen molar-refractivity contribution in [1.82, 2.24) is 0 Å². The molecule has 1 aliphatic rings. The fraction of sp³-hybridized carbons (Fsp3) is 0.400. The number of fused-ring (bicyclic) bond motifs is 1. The van der Waals surface area contributed by atoms with Crippen molar-refractivity contribution in [3.8, 4) is 0 Å². The van der Waals surface area contributed by atoms with Crippen molar-refractivity contribution in [2.45, 2.75) is 19.9 Å². The topological polar surface area (TPSA) is 13.0 Å². The number of hydrogen-bond acceptors (Lipinski definition) is 4. The Kier molecular flexibility index (Phi) is 4.31. The first-order valence-electron chi connectivity index (χ1n) is 8.52. The van der Waals surface area contributed by atoms with E-state index in [4.69, 9.17) is 0 Å². The predicted molar refractivity (Wildman–Crippen MR) is 106 cm³/mol. The predicted octanol–water partition coefficient (Wildman–Crippen LogP) is 4.14. The number of rotatable bonds is 4. The van der Waals surface area contributed by atoms with Crippen LogP contribution >= 0.6 is 0 Å². The Morgan fingerprint density at radius 2 is 1.50 bits per heavy atom. The zero-order valence-corrected chi connectivity index (χ0v) is 15.6. The number of benzene rings is 2. The second kappa shape index (κ2) is 6.27. The molecule has 4 nitrogen and oxygen atoms in total. The molecule has 2 aromatic carbocycles. The molecule has 0 bridgehead atoms. The number of para-hydroxylation sites is 2. The summed E-state index contributed by atoms with van der Waals surface area (Å²) in [6, 6.07) is 15.9. The Bertz CT molecular complexity index is 721. The van der Waals surface area contributed by atoms with Gasteiger partial charge < -0.3 is 19.6 Å². The number of anilines is 5. The maximum Gasteiger partial charge on any atom is 0.0956 e. The van der Waals surface area contributed by atoms with Crippen LogP contribution in [-0.4, -0.2) is 40.9 Å². The first-order valence-corrected chi connectivity index (χ1v) is 8.52. The SMILES string of the molecule is CC(C)N1CN(c2ccc(N(C)C)cc2N(C)C)c2ccccc21. The van der Waals surface area contributed by atoms with Gasteiger partial charge in [0.2, 0.25) is 0 Å². The lowest BCUT2D eigenvalue weighted by Gasteiger charge is -2.29. The fourth-order valence-electron chi connectivity index (χ4n) is 3.26. The van der Waals surface area contributed by atoms with E-state index in [1.807, 2.05) is 0 Å².